The van der Waals surface area contributed by atoms with Crippen LogP contribution in [-0.2, 0) is 17.8 Å². The van der Waals surface area contributed by atoms with Gasteiger partial charge in [0.2, 0.25) is 5.91 Å². The van der Waals surface area contributed by atoms with Gasteiger partial charge in [-0.2, -0.15) is 0 Å². The minimum absolute atomic E-state index is 0.0716. The van der Waals surface area contributed by atoms with Crippen molar-refractivity contribution >= 4 is 5.91 Å². The Morgan fingerprint density at radius 3 is 2.78 bits per heavy atom. The number of ether oxygens (including phenoxy) is 1. The number of carbonyl (C=O) groups excluding carboxylic acids is 1. The summed E-state index contributed by atoms with van der Waals surface area (Å²) in [5.41, 5.74) is 2.81. The van der Waals surface area contributed by atoms with E-state index in [1.807, 2.05) is 38.1 Å². The van der Waals surface area contributed by atoms with Gasteiger partial charge in [0.15, 0.2) is 0 Å². The Kier molecular flexibility index (Phi) is 6.50. The summed E-state index contributed by atoms with van der Waals surface area (Å²) >= 11 is 0. The summed E-state index contributed by atoms with van der Waals surface area (Å²) in [7, 11) is 0. The maximum Gasteiger partial charge on any atom is 0.224 e. The minimum atomic E-state index is 0.0716. The number of carbonyl (C=O) groups is 1. The van der Waals surface area contributed by atoms with Gasteiger partial charge in [-0.3, -0.25) is 9.69 Å². The van der Waals surface area contributed by atoms with Crippen LogP contribution in [0.4, 0.5) is 0 Å². The number of aromatic nitrogens is 1. The molecular formula is C21H29N3O3. The monoisotopic (exact) mass is 371 g/mol. The Morgan fingerprint density at radius 1 is 1.33 bits per heavy atom. The predicted octanol–water partition coefficient (Wildman–Crippen LogP) is 3.01. The number of hydrogen-bond donors (Lipinski definition) is 1. The van der Waals surface area contributed by atoms with E-state index < -0.39 is 0 Å². The SMILES string of the molecule is CCN1CCC[C@H]1CNC(=O)Cc1ccc(OCc2c(C)noc2C)cc1. The van der Waals surface area contributed by atoms with Crippen LogP contribution in [0.15, 0.2) is 28.8 Å². The van der Waals surface area contributed by atoms with E-state index in [9.17, 15) is 4.79 Å². The third-order valence-corrected chi connectivity index (χ3v) is 5.29. The fraction of sp³-hybridized carbons (Fsp3) is 0.524. The molecule has 1 atom stereocenters. The van der Waals surface area contributed by atoms with Gasteiger partial charge in [0.05, 0.1) is 17.7 Å². The number of likely N-dealkylation sites (tertiary alicyclic amines) is 1. The molecule has 1 aliphatic heterocycles. The third kappa shape index (κ3) is 5.10. The first-order valence-corrected chi connectivity index (χ1v) is 9.71. The fourth-order valence-corrected chi connectivity index (χ4v) is 3.59. The van der Waals surface area contributed by atoms with E-state index in [0.29, 0.717) is 19.1 Å². The van der Waals surface area contributed by atoms with Crippen LogP contribution in [0.5, 0.6) is 5.75 Å². The first kappa shape index (κ1) is 19.4. The Hall–Kier alpha value is -2.34. The van der Waals surface area contributed by atoms with E-state index in [1.54, 1.807) is 0 Å². The van der Waals surface area contributed by atoms with Crippen molar-refractivity contribution < 1.29 is 14.1 Å². The summed E-state index contributed by atoms with van der Waals surface area (Å²) < 4.78 is 10.9. The van der Waals surface area contributed by atoms with E-state index in [-0.39, 0.29) is 5.91 Å². The summed E-state index contributed by atoms with van der Waals surface area (Å²) in [4.78, 5) is 14.7. The lowest BCUT2D eigenvalue weighted by Gasteiger charge is -2.22. The van der Waals surface area contributed by atoms with Crippen LogP contribution >= 0.6 is 0 Å². The van der Waals surface area contributed by atoms with Crippen molar-refractivity contribution in [2.24, 2.45) is 0 Å². The zero-order valence-corrected chi connectivity index (χ0v) is 16.5. The molecule has 0 radical (unpaired) electrons. The van der Waals surface area contributed by atoms with Crippen molar-refractivity contribution in [2.75, 3.05) is 19.6 Å². The summed E-state index contributed by atoms with van der Waals surface area (Å²) in [6, 6.07) is 8.17. The van der Waals surface area contributed by atoms with Crippen molar-refractivity contribution in [3.05, 3.63) is 46.8 Å². The highest BCUT2D eigenvalue weighted by Crippen LogP contribution is 2.18. The average molecular weight is 371 g/mol. The van der Waals surface area contributed by atoms with Gasteiger partial charge in [0.1, 0.15) is 18.1 Å². The zero-order valence-electron chi connectivity index (χ0n) is 16.5. The molecule has 1 aliphatic rings. The average Bonchev–Trinajstić information content (AvgIpc) is 3.26. The molecule has 0 unspecified atom stereocenters. The van der Waals surface area contributed by atoms with Crippen LogP contribution in [0.25, 0.3) is 0 Å². The second-order valence-electron chi connectivity index (χ2n) is 7.14. The molecule has 1 aromatic carbocycles. The van der Waals surface area contributed by atoms with Gasteiger partial charge in [0, 0.05) is 12.6 Å². The van der Waals surface area contributed by atoms with Crippen molar-refractivity contribution in [2.45, 2.75) is 52.7 Å². The lowest BCUT2D eigenvalue weighted by molar-refractivity contribution is -0.120. The predicted molar refractivity (Wildman–Crippen MR) is 104 cm³/mol. The number of likely N-dealkylation sites (N-methyl/N-ethyl adjacent to an activating group) is 1. The van der Waals surface area contributed by atoms with Gasteiger partial charge in [-0.1, -0.05) is 24.2 Å². The van der Waals surface area contributed by atoms with E-state index in [4.69, 9.17) is 9.26 Å². The summed E-state index contributed by atoms with van der Waals surface area (Å²) in [5, 5.41) is 7.01. The van der Waals surface area contributed by atoms with Crippen LogP contribution < -0.4 is 10.1 Å². The van der Waals surface area contributed by atoms with E-state index in [2.05, 4.69) is 22.3 Å². The second kappa shape index (κ2) is 9.04. The standard InChI is InChI=1S/C21H29N3O3/c1-4-24-11-5-6-18(24)13-22-21(25)12-17-7-9-19(10-8-17)26-14-20-15(2)23-27-16(20)3/h7-10,18H,4-6,11-14H2,1-3H3,(H,22,25)/t18-/m0/s1. The lowest BCUT2D eigenvalue weighted by atomic mass is 10.1. The van der Waals surface area contributed by atoms with Gasteiger partial charge in [-0.25, -0.2) is 0 Å². The first-order valence-electron chi connectivity index (χ1n) is 9.71. The van der Waals surface area contributed by atoms with E-state index in [0.717, 1.165) is 48.0 Å². The zero-order chi connectivity index (χ0) is 19.2. The molecule has 1 amide bonds. The Balaban J connectivity index is 1.45. The quantitative estimate of drug-likeness (QED) is 0.773. The molecule has 0 aliphatic carbocycles. The fourth-order valence-electron chi connectivity index (χ4n) is 3.59. The summed E-state index contributed by atoms with van der Waals surface area (Å²) in [6.45, 7) is 9.33. The second-order valence-corrected chi connectivity index (χ2v) is 7.14. The van der Waals surface area contributed by atoms with Crippen molar-refractivity contribution in [1.82, 2.24) is 15.4 Å². The number of benzene rings is 1. The number of aryl methyl sites for hydroxylation is 2. The number of hydrogen-bond acceptors (Lipinski definition) is 5. The molecule has 0 bridgehead atoms. The maximum atomic E-state index is 12.2. The van der Waals surface area contributed by atoms with Gasteiger partial charge in [0.25, 0.3) is 0 Å². The topological polar surface area (TPSA) is 67.6 Å². The number of nitrogens with zero attached hydrogens (tertiary/aromatic N) is 2. The van der Waals surface area contributed by atoms with E-state index in [1.165, 1.54) is 12.8 Å². The van der Waals surface area contributed by atoms with Gasteiger partial charge < -0.3 is 14.6 Å². The molecule has 146 valence electrons. The third-order valence-electron chi connectivity index (χ3n) is 5.29. The molecule has 1 aromatic heterocycles. The highest BCUT2D eigenvalue weighted by atomic mass is 16.5. The summed E-state index contributed by atoms with van der Waals surface area (Å²) in [5.74, 6) is 1.62. The molecule has 0 spiro atoms. The van der Waals surface area contributed by atoms with Crippen molar-refractivity contribution in [3.8, 4) is 5.75 Å². The first-order chi connectivity index (χ1) is 13.1. The maximum absolute atomic E-state index is 12.2. The molecule has 3 rings (SSSR count). The molecule has 1 saturated heterocycles. The van der Waals surface area contributed by atoms with Gasteiger partial charge in [-0.05, 0) is 57.5 Å². The number of rotatable bonds is 8. The van der Waals surface area contributed by atoms with Crippen molar-refractivity contribution in [1.29, 1.82) is 0 Å². The number of amides is 1. The van der Waals surface area contributed by atoms with Crippen molar-refractivity contribution in [3.63, 3.8) is 0 Å². The van der Waals surface area contributed by atoms with Crippen LogP contribution in [0, 0.1) is 13.8 Å². The highest BCUT2D eigenvalue weighted by Gasteiger charge is 2.23. The lowest BCUT2D eigenvalue weighted by Crippen LogP contribution is -2.40. The van der Waals surface area contributed by atoms with Crippen LogP contribution in [0.1, 0.15) is 42.3 Å². The minimum Gasteiger partial charge on any atom is -0.489 e. The molecule has 2 aromatic rings. The molecule has 27 heavy (non-hydrogen) atoms. The Bertz CT molecular complexity index is 735. The molecule has 1 N–H and O–H groups in total. The normalized spacial score (nSPS) is 17.2. The number of nitrogens with one attached hydrogen (secondary N) is 1. The largest absolute Gasteiger partial charge is 0.489 e. The van der Waals surface area contributed by atoms with Crippen LogP contribution in [-0.4, -0.2) is 41.6 Å². The van der Waals surface area contributed by atoms with Gasteiger partial charge >= 0.3 is 0 Å². The molecular weight excluding hydrogens is 342 g/mol. The van der Waals surface area contributed by atoms with Crippen LogP contribution in [0.2, 0.25) is 0 Å². The Morgan fingerprint density at radius 2 is 2.11 bits per heavy atom. The summed E-state index contributed by atoms with van der Waals surface area (Å²) in [6.07, 6.45) is 2.79. The Labute approximate surface area is 160 Å². The molecule has 0 saturated carbocycles. The molecule has 6 heteroatoms. The van der Waals surface area contributed by atoms with Crippen LogP contribution in [0.3, 0.4) is 0 Å². The molecule has 6 nitrogen and oxygen atoms in total. The molecule has 2 heterocycles. The van der Waals surface area contributed by atoms with Gasteiger partial charge in [-0.15, -0.1) is 0 Å². The van der Waals surface area contributed by atoms with E-state index >= 15 is 0 Å². The highest BCUT2D eigenvalue weighted by molar-refractivity contribution is 5.78. The molecule has 1 fully saturated rings. The smallest absolute Gasteiger partial charge is 0.224 e.